The molecule has 3 aromatic rings. The summed E-state index contributed by atoms with van der Waals surface area (Å²) in [5, 5.41) is 11.6. The molecule has 0 radical (unpaired) electrons. The normalized spacial score (nSPS) is 17.0. The molecule has 4 rings (SSSR count). The van der Waals surface area contributed by atoms with Crippen molar-refractivity contribution in [3.05, 3.63) is 59.8 Å². The number of likely N-dealkylation sites (N-methyl/N-ethyl adjacent to an activating group) is 1. The Labute approximate surface area is 180 Å². The van der Waals surface area contributed by atoms with Gasteiger partial charge in [-0.3, -0.25) is 19.1 Å². The quantitative estimate of drug-likeness (QED) is 0.674. The number of urea groups is 1. The van der Waals surface area contributed by atoms with Gasteiger partial charge in [0, 0.05) is 58.9 Å². The van der Waals surface area contributed by atoms with Crippen molar-refractivity contribution in [2.24, 2.45) is 0 Å². The SMILES string of the molecule is CN(C)C(=O)N1CCN(C)[C@H](c2nnc3ccc(C(=O)NCc4cccnc4)cn23)C1. The van der Waals surface area contributed by atoms with Gasteiger partial charge in [0.05, 0.1) is 11.6 Å². The lowest BCUT2D eigenvalue weighted by atomic mass is 10.1. The van der Waals surface area contributed by atoms with Crippen molar-refractivity contribution in [3.63, 3.8) is 0 Å². The van der Waals surface area contributed by atoms with Crippen LogP contribution in [0.1, 0.15) is 27.8 Å². The first-order chi connectivity index (χ1) is 14.9. The molecule has 1 fully saturated rings. The van der Waals surface area contributed by atoms with Crippen molar-refractivity contribution in [2.75, 3.05) is 40.8 Å². The Balaban J connectivity index is 1.56. The number of carbonyl (C=O) groups is 2. The van der Waals surface area contributed by atoms with Gasteiger partial charge in [-0.15, -0.1) is 10.2 Å². The lowest BCUT2D eigenvalue weighted by Crippen LogP contribution is -2.52. The average Bonchev–Trinajstić information content (AvgIpc) is 3.21. The van der Waals surface area contributed by atoms with Gasteiger partial charge in [0.25, 0.3) is 5.91 Å². The fraction of sp³-hybridized carbons (Fsp3) is 0.381. The van der Waals surface area contributed by atoms with E-state index in [4.69, 9.17) is 0 Å². The van der Waals surface area contributed by atoms with Crippen molar-refractivity contribution in [3.8, 4) is 0 Å². The second-order valence-electron chi connectivity index (χ2n) is 7.87. The number of pyridine rings is 2. The van der Waals surface area contributed by atoms with Crippen LogP contribution in [0, 0.1) is 0 Å². The molecule has 0 bridgehead atoms. The lowest BCUT2D eigenvalue weighted by molar-refractivity contribution is 0.0933. The molecule has 0 saturated carbocycles. The summed E-state index contributed by atoms with van der Waals surface area (Å²) in [6, 6.07) is 7.11. The zero-order valence-electron chi connectivity index (χ0n) is 17.9. The molecule has 0 unspecified atom stereocenters. The third-order valence-electron chi connectivity index (χ3n) is 5.47. The highest BCUT2D eigenvalue weighted by atomic mass is 16.2. The number of rotatable bonds is 4. The molecule has 1 saturated heterocycles. The molecule has 31 heavy (non-hydrogen) atoms. The molecule has 1 N–H and O–H groups in total. The van der Waals surface area contributed by atoms with Crippen molar-refractivity contribution < 1.29 is 9.59 Å². The van der Waals surface area contributed by atoms with E-state index < -0.39 is 0 Å². The van der Waals surface area contributed by atoms with Crippen LogP contribution < -0.4 is 5.32 Å². The maximum atomic E-state index is 12.7. The molecule has 4 heterocycles. The summed E-state index contributed by atoms with van der Waals surface area (Å²) in [4.78, 5) is 34.8. The van der Waals surface area contributed by atoms with Gasteiger partial charge in [-0.1, -0.05) is 6.07 Å². The van der Waals surface area contributed by atoms with Crippen LogP contribution in [0.5, 0.6) is 0 Å². The van der Waals surface area contributed by atoms with Crippen LogP contribution in [-0.4, -0.2) is 87.0 Å². The molecule has 1 atom stereocenters. The van der Waals surface area contributed by atoms with Crippen molar-refractivity contribution >= 4 is 17.6 Å². The van der Waals surface area contributed by atoms with Crippen LogP contribution in [0.3, 0.4) is 0 Å². The topological polar surface area (TPSA) is 99.0 Å². The van der Waals surface area contributed by atoms with Crippen LogP contribution >= 0.6 is 0 Å². The van der Waals surface area contributed by atoms with Gasteiger partial charge >= 0.3 is 6.03 Å². The third-order valence-corrected chi connectivity index (χ3v) is 5.47. The van der Waals surface area contributed by atoms with Crippen molar-refractivity contribution in [2.45, 2.75) is 12.6 Å². The first-order valence-electron chi connectivity index (χ1n) is 10.1. The molecule has 3 amide bonds. The smallest absolute Gasteiger partial charge is 0.319 e. The van der Waals surface area contributed by atoms with Gasteiger partial charge in [-0.2, -0.15) is 0 Å². The summed E-state index contributed by atoms with van der Waals surface area (Å²) < 4.78 is 1.84. The number of aromatic nitrogens is 4. The number of nitrogens with one attached hydrogen (secondary N) is 1. The molecule has 3 aromatic heterocycles. The molecule has 162 valence electrons. The first kappa shape index (κ1) is 20.7. The Morgan fingerprint density at radius 1 is 1.19 bits per heavy atom. The second kappa shape index (κ2) is 8.68. The summed E-state index contributed by atoms with van der Waals surface area (Å²) in [5.74, 6) is 0.516. The van der Waals surface area contributed by atoms with Crippen molar-refractivity contribution in [1.29, 1.82) is 0 Å². The molecule has 0 aliphatic carbocycles. The minimum Gasteiger partial charge on any atom is -0.348 e. The van der Waals surface area contributed by atoms with E-state index in [2.05, 4.69) is 25.4 Å². The van der Waals surface area contributed by atoms with Crippen LogP contribution in [-0.2, 0) is 6.54 Å². The third kappa shape index (κ3) is 4.33. The minimum atomic E-state index is -0.188. The van der Waals surface area contributed by atoms with Gasteiger partial charge in [-0.25, -0.2) is 4.79 Å². The molecule has 10 nitrogen and oxygen atoms in total. The van der Waals surface area contributed by atoms with E-state index in [9.17, 15) is 9.59 Å². The molecular formula is C21H26N8O2. The lowest BCUT2D eigenvalue weighted by Gasteiger charge is -2.39. The van der Waals surface area contributed by atoms with Gasteiger partial charge in [0.2, 0.25) is 0 Å². The predicted octanol–water partition coefficient (Wildman–Crippen LogP) is 1.02. The van der Waals surface area contributed by atoms with Crippen molar-refractivity contribution in [1.82, 2.24) is 39.6 Å². The van der Waals surface area contributed by atoms with E-state index in [0.29, 0.717) is 36.7 Å². The Hall–Kier alpha value is -3.53. The van der Waals surface area contributed by atoms with E-state index in [1.165, 1.54) is 0 Å². The summed E-state index contributed by atoms with van der Waals surface area (Å²) in [6.45, 7) is 2.28. The first-order valence-corrected chi connectivity index (χ1v) is 10.1. The number of piperazine rings is 1. The highest BCUT2D eigenvalue weighted by Gasteiger charge is 2.32. The number of amides is 3. The number of fused-ring (bicyclic) bond motifs is 1. The number of carbonyl (C=O) groups excluding carboxylic acids is 2. The summed E-state index contributed by atoms with van der Waals surface area (Å²) in [7, 11) is 5.50. The van der Waals surface area contributed by atoms with Crippen LogP contribution in [0.2, 0.25) is 0 Å². The monoisotopic (exact) mass is 422 g/mol. The maximum Gasteiger partial charge on any atom is 0.319 e. The van der Waals surface area contributed by atoms with Gasteiger partial charge in [0.1, 0.15) is 0 Å². The minimum absolute atomic E-state index is 0.0256. The van der Waals surface area contributed by atoms with E-state index >= 15 is 0 Å². The summed E-state index contributed by atoms with van der Waals surface area (Å²) in [6.07, 6.45) is 5.17. The van der Waals surface area contributed by atoms with Crippen LogP contribution in [0.15, 0.2) is 42.9 Å². The second-order valence-corrected chi connectivity index (χ2v) is 7.87. The van der Waals surface area contributed by atoms with Gasteiger partial charge in [-0.05, 0) is 30.8 Å². The standard InChI is InChI=1S/C21H26N8O2/c1-26(2)21(31)28-10-9-27(3)17(14-28)19-25-24-18-7-6-16(13-29(18)19)20(30)23-12-15-5-4-8-22-11-15/h4-8,11,13,17H,9-10,12,14H2,1-3H3,(H,23,30)/t17-/m0/s1. The Bertz CT molecular complexity index is 1080. The van der Waals surface area contributed by atoms with Crippen LogP contribution in [0.25, 0.3) is 5.65 Å². The Morgan fingerprint density at radius 3 is 2.77 bits per heavy atom. The van der Waals surface area contributed by atoms with E-state index in [0.717, 1.165) is 12.1 Å². The van der Waals surface area contributed by atoms with E-state index in [1.807, 2.05) is 28.5 Å². The number of nitrogens with zero attached hydrogens (tertiary/aromatic N) is 7. The fourth-order valence-corrected chi connectivity index (χ4v) is 3.67. The summed E-state index contributed by atoms with van der Waals surface area (Å²) in [5.41, 5.74) is 2.09. The molecule has 10 heteroatoms. The average molecular weight is 422 g/mol. The highest BCUT2D eigenvalue weighted by molar-refractivity contribution is 5.94. The largest absolute Gasteiger partial charge is 0.348 e. The summed E-state index contributed by atoms with van der Waals surface area (Å²) >= 11 is 0. The van der Waals surface area contributed by atoms with Crippen LogP contribution in [0.4, 0.5) is 4.79 Å². The van der Waals surface area contributed by atoms with E-state index in [-0.39, 0.29) is 18.0 Å². The zero-order valence-corrected chi connectivity index (χ0v) is 17.9. The molecule has 1 aliphatic heterocycles. The zero-order chi connectivity index (χ0) is 22.0. The predicted molar refractivity (Wildman–Crippen MR) is 114 cm³/mol. The van der Waals surface area contributed by atoms with E-state index in [1.54, 1.807) is 49.7 Å². The Morgan fingerprint density at radius 2 is 2.03 bits per heavy atom. The molecular weight excluding hydrogens is 396 g/mol. The van der Waals surface area contributed by atoms with Gasteiger partial charge < -0.3 is 15.1 Å². The molecule has 0 aromatic carbocycles. The Kier molecular flexibility index (Phi) is 5.81. The highest BCUT2D eigenvalue weighted by Crippen LogP contribution is 2.24. The fourth-order valence-electron chi connectivity index (χ4n) is 3.67. The molecule has 0 spiro atoms. The number of hydrogen-bond donors (Lipinski definition) is 1. The molecule has 1 aliphatic rings. The maximum absolute atomic E-state index is 12.7. The number of hydrogen-bond acceptors (Lipinski definition) is 6. The van der Waals surface area contributed by atoms with Gasteiger partial charge in [0.15, 0.2) is 11.5 Å².